The van der Waals surface area contributed by atoms with E-state index in [0.29, 0.717) is 13.0 Å². The van der Waals surface area contributed by atoms with E-state index in [-0.39, 0.29) is 12.1 Å². The minimum absolute atomic E-state index is 0.0379. The third-order valence-electron chi connectivity index (χ3n) is 3.27. The Hall–Kier alpha value is -0.220. The molecule has 0 aromatic carbocycles. The molecule has 2 atom stereocenters. The average molecular weight is 177 g/mol. The number of rotatable bonds is 2. The lowest BCUT2D eigenvalue weighted by Crippen LogP contribution is -2.57. The average Bonchev–Trinajstić information content (AvgIpc) is 2.26. The molecule has 12 heavy (non-hydrogen) atoms. The fourth-order valence-electron chi connectivity index (χ4n) is 2.35. The molecule has 0 spiro atoms. The van der Waals surface area contributed by atoms with Crippen LogP contribution in [0, 0.1) is 5.92 Å². The third kappa shape index (κ3) is 0.977. The maximum atomic E-state index is 12.3. The molecule has 2 aliphatic heterocycles. The highest BCUT2D eigenvalue weighted by Gasteiger charge is 2.53. The second kappa shape index (κ2) is 2.64. The van der Waals surface area contributed by atoms with Crippen LogP contribution in [0.4, 0.5) is 8.78 Å². The largest absolute Gasteiger partial charge is 0.394 e. The first kappa shape index (κ1) is 8.38. The Morgan fingerprint density at radius 1 is 1.58 bits per heavy atom. The lowest BCUT2D eigenvalue weighted by molar-refractivity contribution is -0.0190. The predicted molar refractivity (Wildman–Crippen MR) is 40.1 cm³/mol. The van der Waals surface area contributed by atoms with Gasteiger partial charge in [0.1, 0.15) is 0 Å². The predicted octanol–water partition coefficient (Wildman–Crippen LogP) is 0.708. The summed E-state index contributed by atoms with van der Waals surface area (Å²) in [7, 11) is 0. The summed E-state index contributed by atoms with van der Waals surface area (Å²) < 4.78 is 24.6. The van der Waals surface area contributed by atoms with E-state index in [1.807, 2.05) is 4.90 Å². The first-order valence-electron chi connectivity index (χ1n) is 4.32. The number of alkyl halides is 2. The molecule has 0 radical (unpaired) electrons. The molecule has 2 aliphatic rings. The highest BCUT2D eigenvalue weighted by molar-refractivity contribution is 5.06. The molecule has 2 nitrogen and oxygen atoms in total. The highest BCUT2D eigenvalue weighted by Crippen LogP contribution is 2.44. The van der Waals surface area contributed by atoms with Crippen LogP contribution in [0.3, 0.4) is 0 Å². The van der Waals surface area contributed by atoms with E-state index in [2.05, 4.69) is 0 Å². The highest BCUT2D eigenvalue weighted by atomic mass is 19.3. The van der Waals surface area contributed by atoms with E-state index >= 15 is 0 Å². The fraction of sp³-hybridized carbons (Fsp3) is 1.00. The molecule has 70 valence electrons. The van der Waals surface area contributed by atoms with E-state index in [1.165, 1.54) is 0 Å². The van der Waals surface area contributed by atoms with Gasteiger partial charge in [0.25, 0.3) is 0 Å². The van der Waals surface area contributed by atoms with Gasteiger partial charge in [-0.1, -0.05) is 0 Å². The lowest BCUT2D eigenvalue weighted by Gasteiger charge is -2.46. The molecule has 0 saturated carbocycles. The van der Waals surface area contributed by atoms with E-state index < -0.39 is 12.3 Å². The van der Waals surface area contributed by atoms with Crippen molar-refractivity contribution < 1.29 is 13.9 Å². The molecule has 0 aromatic heterocycles. The van der Waals surface area contributed by atoms with Crippen molar-refractivity contribution in [3.8, 4) is 0 Å². The molecule has 0 unspecified atom stereocenters. The van der Waals surface area contributed by atoms with E-state index in [0.717, 1.165) is 13.0 Å². The van der Waals surface area contributed by atoms with Gasteiger partial charge in [-0.3, -0.25) is 4.90 Å². The maximum Gasteiger partial charge on any atom is 0.242 e. The molecule has 2 fully saturated rings. The molecular weight excluding hydrogens is 164 g/mol. The van der Waals surface area contributed by atoms with Gasteiger partial charge in [0.05, 0.1) is 6.61 Å². The van der Waals surface area contributed by atoms with Gasteiger partial charge in [-0.2, -0.15) is 0 Å². The molecule has 0 bridgehead atoms. The summed E-state index contributed by atoms with van der Waals surface area (Å²) in [6, 6.07) is 0. The number of aliphatic hydroxyl groups excluding tert-OH is 1. The summed E-state index contributed by atoms with van der Waals surface area (Å²) in [5, 5.41) is 9.06. The topological polar surface area (TPSA) is 23.5 Å². The number of aliphatic hydroxyl groups is 1. The number of hydrogen-bond acceptors (Lipinski definition) is 2. The number of hydrogen-bond donors (Lipinski definition) is 1. The van der Waals surface area contributed by atoms with Gasteiger partial charge in [0, 0.05) is 24.5 Å². The fourth-order valence-corrected chi connectivity index (χ4v) is 2.35. The second-order valence-corrected chi connectivity index (χ2v) is 3.88. The molecule has 1 N–H and O–H groups in total. The molecule has 2 heterocycles. The molecule has 0 amide bonds. The maximum absolute atomic E-state index is 12.3. The van der Waals surface area contributed by atoms with Crippen LogP contribution in [-0.4, -0.2) is 41.7 Å². The normalized spacial score (nSPS) is 41.5. The molecule has 2 rings (SSSR count). The minimum Gasteiger partial charge on any atom is -0.394 e. The summed E-state index contributed by atoms with van der Waals surface area (Å²) in [6.45, 7) is 1.39. The first-order valence-corrected chi connectivity index (χ1v) is 4.32. The van der Waals surface area contributed by atoms with Crippen LogP contribution in [-0.2, 0) is 0 Å². The number of fused-ring (bicyclic) bond motifs is 1. The minimum atomic E-state index is -2.22. The molecule has 2 saturated heterocycles. The lowest BCUT2D eigenvalue weighted by atomic mass is 9.84. The van der Waals surface area contributed by atoms with Crippen LogP contribution in [0.1, 0.15) is 12.8 Å². The van der Waals surface area contributed by atoms with Crippen molar-refractivity contribution in [3.63, 3.8) is 0 Å². The Bertz CT molecular complexity index is 184. The van der Waals surface area contributed by atoms with Crippen LogP contribution in [0.5, 0.6) is 0 Å². The zero-order valence-corrected chi connectivity index (χ0v) is 6.84. The van der Waals surface area contributed by atoms with Gasteiger partial charge < -0.3 is 5.11 Å². The van der Waals surface area contributed by atoms with Crippen molar-refractivity contribution in [1.29, 1.82) is 0 Å². The van der Waals surface area contributed by atoms with Gasteiger partial charge in [-0.25, -0.2) is 8.78 Å². The zero-order chi connectivity index (χ0) is 8.77. The standard InChI is InChI=1S/C8H13F2NO/c9-7(10)6-3-8(5-12)1-2-11(8)4-6/h6-7,12H,1-5H2/t6-,8-/m0/s1. The molecule has 0 aliphatic carbocycles. The van der Waals surface area contributed by atoms with Crippen molar-refractivity contribution in [1.82, 2.24) is 4.90 Å². The Morgan fingerprint density at radius 3 is 2.67 bits per heavy atom. The first-order chi connectivity index (χ1) is 5.68. The van der Waals surface area contributed by atoms with Crippen LogP contribution in [0.15, 0.2) is 0 Å². The van der Waals surface area contributed by atoms with Gasteiger partial charge >= 0.3 is 0 Å². The van der Waals surface area contributed by atoms with E-state index in [4.69, 9.17) is 5.11 Å². The van der Waals surface area contributed by atoms with Gasteiger partial charge in [-0.15, -0.1) is 0 Å². The SMILES string of the molecule is OC[C@@]12CCN1C[C@@H](C(F)F)C2. The van der Waals surface area contributed by atoms with Crippen LogP contribution in [0.2, 0.25) is 0 Å². The second-order valence-electron chi connectivity index (χ2n) is 3.88. The smallest absolute Gasteiger partial charge is 0.242 e. The summed E-state index contributed by atoms with van der Waals surface area (Å²) >= 11 is 0. The molecule has 4 heteroatoms. The van der Waals surface area contributed by atoms with Crippen LogP contribution >= 0.6 is 0 Å². The summed E-state index contributed by atoms with van der Waals surface area (Å²) in [5.74, 6) is -0.514. The summed E-state index contributed by atoms with van der Waals surface area (Å²) in [6.07, 6.45) is -0.868. The monoisotopic (exact) mass is 177 g/mol. The number of nitrogens with zero attached hydrogens (tertiary/aromatic N) is 1. The molecular formula is C8H13F2NO. The van der Waals surface area contributed by atoms with E-state index in [1.54, 1.807) is 0 Å². The number of halogens is 2. The summed E-state index contributed by atoms with van der Waals surface area (Å²) in [4.78, 5) is 1.99. The van der Waals surface area contributed by atoms with Gasteiger partial charge in [-0.05, 0) is 12.8 Å². The Morgan fingerprint density at radius 2 is 2.33 bits per heavy atom. The van der Waals surface area contributed by atoms with Crippen molar-refractivity contribution in [2.75, 3.05) is 19.7 Å². The third-order valence-corrected chi connectivity index (χ3v) is 3.27. The van der Waals surface area contributed by atoms with Crippen LogP contribution in [0.25, 0.3) is 0 Å². The zero-order valence-electron chi connectivity index (χ0n) is 6.84. The van der Waals surface area contributed by atoms with Crippen LogP contribution < -0.4 is 0 Å². The van der Waals surface area contributed by atoms with Gasteiger partial charge in [0.2, 0.25) is 6.43 Å². The van der Waals surface area contributed by atoms with Crippen molar-refractivity contribution >= 4 is 0 Å². The van der Waals surface area contributed by atoms with Crippen molar-refractivity contribution in [3.05, 3.63) is 0 Å². The quantitative estimate of drug-likeness (QED) is 0.671. The Labute approximate surface area is 70.2 Å². The van der Waals surface area contributed by atoms with Gasteiger partial charge in [0.15, 0.2) is 0 Å². The molecule has 0 aromatic rings. The summed E-state index contributed by atoms with van der Waals surface area (Å²) in [5.41, 5.74) is -0.263. The van der Waals surface area contributed by atoms with Crippen molar-refractivity contribution in [2.24, 2.45) is 5.92 Å². The Balaban J connectivity index is 2.03. The van der Waals surface area contributed by atoms with E-state index in [9.17, 15) is 8.78 Å². The van der Waals surface area contributed by atoms with Crippen molar-refractivity contribution in [2.45, 2.75) is 24.8 Å². The Kier molecular flexibility index (Phi) is 1.84.